The number of hydrogen-bond acceptors (Lipinski definition) is 3. The van der Waals surface area contributed by atoms with Gasteiger partial charge in [0.25, 0.3) is 0 Å². The number of benzene rings is 1. The van der Waals surface area contributed by atoms with E-state index in [2.05, 4.69) is 15.9 Å². The lowest BCUT2D eigenvalue weighted by atomic mass is 9.81. The zero-order valence-corrected chi connectivity index (χ0v) is 13.9. The van der Waals surface area contributed by atoms with Crippen LogP contribution in [0.1, 0.15) is 45.2 Å². The highest BCUT2D eigenvalue weighted by Crippen LogP contribution is 2.34. The second kappa shape index (κ2) is 7.09. The standard InChI is InChI=1S/C15H23BrN2O2/c1-4-20-13-6-5-10(7-11(13)16)12(17)8-15(2,3)9-14(18)19/h5-7,12H,4,8-9,17H2,1-3H3,(H2,18,19). The van der Waals surface area contributed by atoms with E-state index >= 15 is 0 Å². The third kappa shape index (κ3) is 5.13. The highest BCUT2D eigenvalue weighted by atomic mass is 79.9. The number of ether oxygens (including phenoxy) is 1. The summed E-state index contributed by atoms with van der Waals surface area (Å²) in [7, 11) is 0. The van der Waals surface area contributed by atoms with Crippen LogP contribution in [0, 0.1) is 5.41 Å². The molecule has 5 heteroatoms. The largest absolute Gasteiger partial charge is 0.493 e. The fraction of sp³-hybridized carbons (Fsp3) is 0.533. The van der Waals surface area contributed by atoms with Crippen LogP contribution in [0.25, 0.3) is 0 Å². The summed E-state index contributed by atoms with van der Waals surface area (Å²) in [6, 6.07) is 5.69. The van der Waals surface area contributed by atoms with Gasteiger partial charge in [-0.2, -0.15) is 0 Å². The molecule has 0 bridgehead atoms. The molecule has 20 heavy (non-hydrogen) atoms. The summed E-state index contributed by atoms with van der Waals surface area (Å²) in [4.78, 5) is 11.1. The Bertz CT molecular complexity index is 475. The number of halogens is 1. The van der Waals surface area contributed by atoms with E-state index in [0.29, 0.717) is 19.4 Å². The molecule has 0 aromatic heterocycles. The number of carbonyl (C=O) groups is 1. The Kier molecular flexibility index (Phi) is 6.02. The summed E-state index contributed by atoms with van der Waals surface area (Å²) in [5.74, 6) is 0.509. The van der Waals surface area contributed by atoms with Crippen molar-refractivity contribution >= 4 is 21.8 Å². The molecule has 0 spiro atoms. The summed E-state index contributed by atoms with van der Waals surface area (Å²) in [6.45, 7) is 6.57. The molecule has 0 saturated carbocycles. The van der Waals surface area contributed by atoms with Gasteiger partial charge < -0.3 is 16.2 Å². The summed E-state index contributed by atoms with van der Waals surface area (Å²) in [6.07, 6.45) is 1.02. The van der Waals surface area contributed by atoms with Crippen LogP contribution in [-0.4, -0.2) is 12.5 Å². The van der Waals surface area contributed by atoms with Crippen molar-refractivity contribution in [3.05, 3.63) is 28.2 Å². The average Bonchev–Trinajstić information content (AvgIpc) is 2.29. The first-order valence-electron chi connectivity index (χ1n) is 6.71. The topological polar surface area (TPSA) is 78.3 Å². The van der Waals surface area contributed by atoms with E-state index in [1.54, 1.807) is 0 Å². The number of hydrogen-bond donors (Lipinski definition) is 2. The van der Waals surface area contributed by atoms with E-state index in [1.807, 2.05) is 39.0 Å². The smallest absolute Gasteiger partial charge is 0.217 e. The lowest BCUT2D eigenvalue weighted by Crippen LogP contribution is -2.27. The molecule has 112 valence electrons. The highest BCUT2D eigenvalue weighted by molar-refractivity contribution is 9.10. The molecule has 4 nitrogen and oxygen atoms in total. The van der Waals surface area contributed by atoms with Crippen LogP contribution in [0.2, 0.25) is 0 Å². The van der Waals surface area contributed by atoms with Gasteiger partial charge in [-0.1, -0.05) is 19.9 Å². The van der Waals surface area contributed by atoms with Gasteiger partial charge in [-0.3, -0.25) is 4.79 Å². The van der Waals surface area contributed by atoms with Crippen LogP contribution >= 0.6 is 15.9 Å². The Balaban J connectivity index is 2.79. The fourth-order valence-corrected chi connectivity index (χ4v) is 2.79. The maximum absolute atomic E-state index is 11.1. The number of nitrogens with two attached hydrogens (primary N) is 2. The van der Waals surface area contributed by atoms with Gasteiger partial charge in [0.05, 0.1) is 11.1 Å². The molecular formula is C15H23BrN2O2. The molecule has 1 aromatic carbocycles. The molecule has 0 aliphatic carbocycles. The van der Waals surface area contributed by atoms with Gasteiger partial charge in [0.2, 0.25) is 5.91 Å². The van der Waals surface area contributed by atoms with Crippen LogP contribution in [0.5, 0.6) is 5.75 Å². The predicted molar refractivity (Wildman–Crippen MR) is 84.4 cm³/mol. The minimum atomic E-state index is -0.296. The Morgan fingerprint density at radius 2 is 2.10 bits per heavy atom. The van der Waals surface area contributed by atoms with Crippen molar-refractivity contribution < 1.29 is 9.53 Å². The molecule has 1 aromatic rings. The van der Waals surface area contributed by atoms with E-state index in [0.717, 1.165) is 15.8 Å². The first-order valence-corrected chi connectivity index (χ1v) is 7.50. The van der Waals surface area contributed by atoms with Crippen molar-refractivity contribution in [3.8, 4) is 5.75 Å². The van der Waals surface area contributed by atoms with E-state index in [1.165, 1.54) is 0 Å². The van der Waals surface area contributed by atoms with Crippen LogP contribution in [0.4, 0.5) is 0 Å². The van der Waals surface area contributed by atoms with Gasteiger partial charge in [0.1, 0.15) is 5.75 Å². The fourth-order valence-electron chi connectivity index (χ4n) is 2.28. The van der Waals surface area contributed by atoms with Gasteiger partial charge in [-0.25, -0.2) is 0 Å². The quantitative estimate of drug-likeness (QED) is 0.798. The summed E-state index contributed by atoms with van der Waals surface area (Å²) in [5, 5.41) is 0. The van der Waals surface area contributed by atoms with Crippen LogP contribution in [0.3, 0.4) is 0 Å². The predicted octanol–water partition coefficient (Wildman–Crippen LogP) is 3.14. The SMILES string of the molecule is CCOc1ccc(C(N)CC(C)(C)CC(N)=O)cc1Br. The molecule has 0 fully saturated rings. The second-order valence-corrected chi connectivity index (χ2v) is 6.60. The highest BCUT2D eigenvalue weighted by Gasteiger charge is 2.24. The summed E-state index contributed by atoms with van der Waals surface area (Å²) in [5.41, 5.74) is 12.3. The van der Waals surface area contributed by atoms with Crippen molar-refractivity contribution in [2.75, 3.05) is 6.61 Å². The van der Waals surface area contributed by atoms with Gasteiger partial charge in [0, 0.05) is 12.5 Å². The van der Waals surface area contributed by atoms with Crippen LogP contribution in [-0.2, 0) is 4.79 Å². The average molecular weight is 343 g/mol. The lowest BCUT2D eigenvalue weighted by molar-refractivity contribution is -0.120. The monoisotopic (exact) mass is 342 g/mol. The maximum atomic E-state index is 11.1. The van der Waals surface area contributed by atoms with E-state index in [-0.39, 0.29) is 17.4 Å². The van der Waals surface area contributed by atoms with Crippen molar-refractivity contribution in [1.82, 2.24) is 0 Å². The molecule has 0 aliphatic rings. The van der Waals surface area contributed by atoms with Gasteiger partial charge >= 0.3 is 0 Å². The minimum absolute atomic E-state index is 0.142. The van der Waals surface area contributed by atoms with Gasteiger partial charge in [-0.15, -0.1) is 0 Å². The third-order valence-corrected chi connectivity index (χ3v) is 3.73. The Labute approximate surface area is 129 Å². The molecule has 1 unspecified atom stereocenters. The van der Waals surface area contributed by atoms with Crippen molar-refractivity contribution in [3.63, 3.8) is 0 Å². The van der Waals surface area contributed by atoms with Crippen molar-refractivity contribution in [2.24, 2.45) is 16.9 Å². The number of primary amides is 1. The Morgan fingerprint density at radius 3 is 2.60 bits per heavy atom. The maximum Gasteiger partial charge on any atom is 0.217 e. The summed E-state index contributed by atoms with van der Waals surface area (Å²) < 4.78 is 6.36. The molecular weight excluding hydrogens is 320 g/mol. The minimum Gasteiger partial charge on any atom is -0.493 e. The lowest BCUT2D eigenvalue weighted by Gasteiger charge is -2.27. The van der Waals surface area contributed by atoms with Crippen LogP contribution in [0.15, 0.2) is 22.7 Å². The molecule has 1 atom stereocenters. The van der Waals surface area contributed by atoms with E-state index < -0.39 is 0 Å². The van der Waals surface area contributed by atoms with Gasteiger partial charge in [-0.05, 0) is 52.4 Å². The first-order chi connectivity index (χ1) is 9.25. The van der Waals surface area contributed by atoms with E-state index in [4.69, 9.17) is 16.2 Å². The summed E-state index contributed by atoms with van der Waals surface area (Å²) >= 11 is 3.48. The first kappa shape index (κ1) is 17.0. The molecule has 4 N–H and O–H groups in total. The van der Waals surface area contributed by atoms with E-state index in [9.17, 15) is 4.79 Å². The Morgan fingerprint density at radius 1 is 1.45 bits per heavy atom. The molecule has 1 amide bonds. The van der Waals surface area contributed by atoms with Crippen molar-refractivity contribution in [2.45, 2.75) is 39.7 Å². The molecule has 1 rings (SSSR count). The Hall–Kier alpha value is -1.07. The third-order valence-electron chi connectivity index (χ3n) is 3.11. The second-order valence-electron chi connectivity index (χ2n) is 5.74. The van der Waals surface area contributed by atoms with Crippen LogP contribution < -0.4 is 16.2 Å². The number of rotatable bonds is 7. The number of carbonyl (C=O) groups excluding carboxylic acids is 1. The molecule has 0 heterocycles. The normalized spacial score (nSPS) is 13.1. The molecule has 0 saturated heterocycles. The number of amides is 1. The van der Waals surface area contributed by atoms with Crippen molar-refractivity contribution in [1.29, 1.82) is 0 Å². The zero-order valence-electron chi connectivity index (χ0n) is 12.3. The molecule has 0 radical (unpaired) electrons. The zero-order chi connectivity index (χ0) is 15.3. The molecule has 0 aliphatic heterocycles. The van der Waals surface area contributed by atoms with Gasteiger partial charge in [0.15, 0.2) is 0 Å².